The van der Waals surface area contributed by atoms with Gasteiger partial charge in [-0.2, -0.15) is 0 Å². The molecule has 0 spiro atoms. The number of nitro groups is 1. The second-order valence-corrected chi connectivity index (χ2v) is 5.39. The summed E-state index contributed by atoms with van der Waals surface area (Å²) in [6.45, 7) is 0. The van der Waals surface area contributed by atoms with Crippen molar-refractivity contribution in [3.63, 3.8) is 0 Å². The van der Waals surface area contributed by atoms with Crippen LogP contribution in [-0.2, 0) is 11.8 Å². The van der Waals surface area contributed by atoms with Crippen LogP contribution in [0.2, 0.25) is 0 Å². The van der Waals surface area contributed by atoms with Gasteiger partial charge in [0.25, 0.3) is 5.69 Å². The number of rotatable bonds is 4. The number of nitrogens with zero attached hydrogens (tertiary/aromatic N) is 2. The minimum atomic E-state index is -1.43. The maximum atomic E-state index is 12.4. The molecule has 0 unspecified atom stereocenters. The minimum Gasteiger partial charge on any atom is -0.348 e. The van der Waals surface area contributed by atoms with Gasteiger partial charge in [-0.15, -0.1) is 0 Å². The van der Waals surface area contributed by atoms with Gasteiger partial charge in [-0.05, 0) is 29.8 Å². The molecule has 3 rings (SSSR count). The molecule has 1 aliphatic rings. The van der Waals surface area contributed by atoms with Crippen LogP contribution in [0.25, 0.3) is 0 Å². The van der Waals surface area contributed by atoms with Crippen LogP contribution in [0.4, 0.5) is 5.69 Å². The first-order valence-electron chi connectivity index (χ1n) is 6.20. The molecule has 2 atom stereocenters. The van der Waals surface area contributed by atoms with Crippen LogP contribution in [-0.4, -0.2) is 20.3 Å². The summed E-state index contributed by atoms with van der Waals surface area (Å²) in [6, 6.07) is 9.23. The number of hydrogen-bond acceptors (Lipinski definition) is 4. The third kappa shape index (κ3) is 2.22. The van der Waals surface area contributed by atoms with E-state index in [-0.39, 0.29) is 11.5 Å². The number of carbonyl (C=O) groups excluding carboxylic acids is 1. The van der Waals surface area contributed by atoms with E-state index in [0.29, 0.717) is 11.3 Å². The monoisotopic (exact) mass is 306 g/mol. The van der Waals surface area contributed by atoms with E-state index >= 15 is 0 Å². The highest BCUT2D eigenvalue weighted by Crippen LogP contribution is 2.54. The molecule has 21 heavy (non-hydrogen) atoms. The Kier molecular flexibility index (Phi) is 3.07. The second-order valence-electron chi connectivity index (χ2n) is 4.82. The first kappa shape index (κ1) is 13.8. The van der Waals surface area contributed by atoms with Gasteiger partial charge in [0, 0.05) is 25.4 Å². The van der Waals surface area contributed by atoms with Crippen LogP contribution in [0.1, 0.15) is 22.2 Å². The SMILES string of the molecule is Cn1cccc1C(=O)[C@@]1(Cl)O[C@@H]1c1ccc([N+](=O)[O-])cc1. The van der Waals surface area contributed by atoms with Crippen molar-refractivity contribution in [2.45, 2.75) is 11.2 Å². The molecule has 1 fully saturated rings. The second kappa shape index (κ2) is 4.68. The average Bonchev–Trinajstić information content (AvgIpc) is 2.98. The molecule has 1 saturated heterocycles. The predicted octanol–water partition coefficient (Wildman–Crippen LogP) is 2.82. The lowest BCUT2D eigenvalue weighted by Crippen LogP contribution is -2.21. The van der Waals surface area contributed by atoms with E-state index in [1.807, 2.05) is 0 Å². The van der Waals surface area contributed by atoms with Crippen molar-refractivity contribution in [1.29, 1.82) is 0 Å². The molecular weight excluding hydrogens is 296 g/mol. The van der Waals surface area contributed by atoms with E-state index in [1.54, 1.807) is 42.1 Å². The average molecular weight is 307 g/mol. The molecule has 7 heteroatoms. The first-order valence-corrected chi connectivity index (χ1v) is 6.58. The third-order valence-electron chi connectivity index (χ3n) is 3.46. The van der Waals surface area contributed by atoms with Crippen LogP contribution in [0, 0.1) is 10.1 Å². The highest BCUT2D eigenvalue weighted by Gasteiger charge is 2.62. The smallest absolute Gasteiger partial charge is 0.269 e. The summed E-state index contributed by atoms with van der Waals surface area (Å²) in [4.78, 5) is 22.5. The van der Waals surface area contributed by atoms with Crippen LogP contribution >= 0.6 is 11.6 Å². The van der Waals surface area contributed by atoms with Crippen molar-refractivity contribution in [1.82, 2.24) is 4.57 Å². The summed E-state index contributed by atoms with van der Waals surface area (Å²) in [6.07, 6.45) is 1.15. The fraction of sp³-hybridized carbons (Fsp3) is 0.214. The lowest BCUT2D eigenvalue weighted by Gasteiger charge is -2.05. The quantitative estimate of drug-likeness (QED) is 0.286. The number of ether oxygens (including phenoxy) is 1. The van der Waals surface area contributed by atoms with Gasteiger partial charge < -0.3 is 9.30 Å². The highest BCUT2D eigenvalue weighted by atomic mass is 35.5. The van der Waals surface area contributed by atoms with Crippen molar-refractivity contribution in [2.24, 2.45) is 7.05 Å². The lowest BCUT2D eigenvalue weighted by atomic mass is 10.1. The third-order valence-corrected chi connectivity index (χ3v) is 3.92. The summed E-state index contributed by atoms with van der Waals surface area (Å²) in [5, 5.41) is 9.19. The van der Waals surface area contributed by atoms with E-state index in [2.05, 4.69) is 0 Å². The van der Waals surface area contributed by atoms with Crippen molar-refractivity contribution in [3.05, 3.63) is 64.0 Å². The number of epoxide rings is 1. The Morgan fingerprint density at radius 3 is 2.57 bits per heavy atom. The molecule has 6 nitrogen and oxygen atoms in total. The largest absolute Gasteiger partial charge is 0.348 e. The molecular formula is C14H11ClN2O4. The maximum Gasteiger partial charge on any atom is 0.269 e. The number of hydrogen-bond donors (Lipinski definition) is 0. The van der Waals surface area contributed by atoms with E-state index in [1.165, 1.54) is 12.1 Å². The van der Waals surface area contributed by atoms with Crippen molar-refractivity contribution >= 4 is 23.1 Å². The number of halogens is 1. The van der Waals surface area contributed by atoms with E-state index < -0.39 is 16.1 Å². The van der Waals surface area contributed by atoms with Gasteiger partial charge in [0.1, 0.15) is 6.10 Å². The Balaban J connectivity index is 1.82. The number of aryl methyl sites for hydroxylation is 1. The maximum absolute atomic E-state index is 12.4. The Labute approximate surface area is 125 Å². The summed E-state index contributed by atoms with van der Waals surface area (Å²) < 4.78 is 7.03. The number of alkyl halides is 1. The molecule has 108 valence electrons. The van der Waals surface area contributed by atoms with Crippen LogP contribution in [0.15, 0.2) is 42.6 Å². The van der Waals surface area contributed by atoms with E-state index in [0.717, 1.165) is 0 Å². The molecule has 0 bridgehead atoms. The molecule has 0 radical (unpaired) electrons. The number of nitro benzene ring substituents is 1. The van der Waals surface area contributed by atoms with Crippen molar-refractivity contribution in [3.8, 4) is 0 Å². The van der Waals surface area contributed by atoms with Gasteiger partial charge in [0.05, 0.1) is 10.6 Å². The highest BCUT2D eigenvalue weighted by molar-refractivity contribution is 6.39. The fourth-order valence-corrected chi connectivity index (χ4v) is 2.55. The summed E-state index contributed by atoms with van der Waals surface area (Å²) >= 11 is 6.24. The molecule has 1 aliphatic heterocycles. The minimum absolute atomic E-state index is 0.0201. The predicted molar refractivity (Wildman–Crippen MR) is 75.2 cm³/mol. The molecule has 0 amide bonds. The molecule has 1 aromatic carbocycles. The van der Waals surface area contributed by atoms with Gasteiger partial charge in [0.15, 0.2) is 0 Å². The van der Waals surface area contributed by atoms with Gasteiger partial charge >= 0.3 is 0 Å². The van der Waals surface area contributed by atoms with Gasteiger partial charge in [-0.3, -0.25) is 14.9 Å². The lowest BCUT2D eigenvalue weighted by molar-refractivity contribution is -0.384. The Bertz CT molecular complexity index is 725. The summed E-state index contributed by atoms with van der Waals surface area (Å²) in [5.74, 6) is -0.319. The number of Topliss-reactive ketones (excluding diaryl/α,β-unsaturated/α-hetero) is 1. The van der Waals surface area contributed by atoms with E-state index in [4.69, 9.17) is 16.3 Å². The van der Waals surface area contributed by atoms with E-state index in [9.17, 15) is 14.9 Å². The number of ketones is 1. The zero-order valence-electron chi connectivity index (χ0n) is 11.0. The number of aromatic nitrogens is 1. The molecule has 0 saturated carbocycles. The van der Waals surface area contributed by atoms with Crippen LogP contribution in [0.3, 0.4) is 0 Å². The number of benzene rings is 1. The zero-order valence-corrected chi connectivity index (χ0v) is 11.8. The van der Waals surface area contributed by atoms with Crippen LogP contribution in [0.5, 0.6) is 0 Å². The van der Waals surface area contributed by atoms with Gasteiger partial charge in [-0.1, -0.05) is 11.6 Å². The Hall–Kier alpha value is -2.18. The molecule has 2 aromatic rings. The Morgan fingerprint density at radius 2 is 2.05 bits per heavy atom. The zero-order chi connectivity index (χ0) is 15.2. The Morgan fingerprint density at radius 1 is 1.38 bits per heavy atom. The standard InChI is InChI=1S/C14H11ClN2O4/c1-16-8-2-3-11(16)12(18)14(15)13(21-14)9-4-6-10(7-5-9)17(19)20/h2-8,13H,1H3/t13-,14-/m1/s1. The number of non-ortho nitro benzene ring substituents is 1. The molecule has 0 aliphatic carbocycles. The summed E-state index contributed by atoms with van der Waals surface area (Å²) in [7, 11) is 1.75. The molecule has 2 heterocycles. The normalized spacial score (nSPS) is 23.8. The topological polar surface area (TPSA) is 77.7 Å². The van der Waals surface area contributed by atoms with Gasteiger partial charge in [0.2, 0.25) is 10.8 Å². The summed E-state index contributed by atoms with van der Waals surface area (Å²) in [5.41, 5.74) is 1.07. The van der Waals surface area contributed by atoms with Gasteiger partial charge in [-0.25, -0.2) is 0 Å². The van der Waals surface area contributed by atoms with Crippen molar-refractivity contribution in [2.75, 3.05) is 0 Å². The molecule has 1 aromatic heterocycles. The first-order chi connectivity index (χ1) is 9.93. The fourth-order valence-electron chi connectivity index (χ4n) is 2.23. The number of carbonyl (C=O) groups is 1. The van der Waals surface area contributed by atoms with Crippen LogP contribution < -0.4 is 0 Å². The molecule has 0 N–H and O–H groups in total. The van der Waals surface area contributed by atoms with Crippen molar-refractivity contribution < 1.29 is 14.5 Å².